The number of alkyl halides is 1. The van der Waals surface area contributed by atoms with E-state index in [2.05, 4.69) is 33.9 Å². The number of aromatic nitrogens is 2. The summed E-state index contributed by atoms with van der Waals surface area (Å²) < 4.78 is 2.13. The van der Waals surface area contributed by atoms with Gasteiger partial charge in [0.1, 0.15) is 5.82 Å². The summed E-state index contributed by atoms with van der Waals surface area (Å²) in [6.45, 7) is 2.81. The highest BCUT2D eigenvalue weighted by Gasteiger charge is 2.22. The molecule has 1 amide bonds. The molecule has 1 unspecified atom stereocenters. The van der Waals surface area contributed by atoms with Crippen LogP contribution in [0.1, 0.15) is 24.2 Å². The van der Waals surface area contributed by atoms with Crippen molar-refractivity contribution in [1.82, 2.24) is 14.9 Å². The number of fused-ring (bicyclic) bond motifs is 1. The number of hydrogen-bond acceptors (Lipinski definition) is 2. The molecule has 1 aromatic carbocycles. The Bertz CT molecular complexity index is 635. The number of hydrogen-bond donors (Lipinski definition) is 1. The van der Waals surface area contributed by atoms with Gasteiger partial charge in [0.15, 0.2) is 0 Å². The highest BCUT2D eigenvalue weighted by atomic mass is 35.5. The predicted molar refractivity (Wildman–Crippen MR) is 75.2 cm³/mol. The number of rotatable bonds is 3. The summed E-state index contributed by atoms with van der Waals surface area (Å²) in [5, 5.41) is 2.99. The van der Waals surface area contributed by atoms with Gasteiger partial charge in [0.25, 0.3) is 0 Å². The lowest BCUT2D eigenvalue weighted by Crippen LogP contribution is -2.30. The molecule has 0 aliphatic carbocycles. The average Bonchev–Trinajstić information content (AvgIpc) is 2.94. The summed E-state index contributed by atoms with van der Waals surface area (Å²) in [5.41, 5.74) is 3.26. The Morgan fingerprint density at radius 3 is 3.05 bits per heavy atom. The molecule has 5 heteroatoms. The summed E-state index contributed by atoms with van der Waals surface area (Å²) in [4.78, 5) is 15.8. The van der Waals surface area contributed by atoms with E-state index in [4.69, 9.17) is 11.6 Å². The van der Waals surface area contributed by atoms with E-state index >= 15 is 0 Å². The summed E-state index contributed by atoms with van der Waals surface area (Å²) in [7, 11) is 0. The fraction of sp³-hybridized carbons (Fsp3) is 0.429. The van der Waals surface area contributed by atoms with Crippen LogP contribution >= 0.6 is 11.6 Å². The van der Waals surface area contributed by atoms with Gasteiger partial charge in [-0.25, -0.2) is 4.98 Å². The Morgan fingerprint density at radius 1 is 1.53 bits per heavy atom. The first kappa shape index (κ1) is 12.5. The lowest BCUT2D eigenvalue weighted by molar-refractivity contribution is -0.119. The first-order chi connectivity index (χ1) is 9.17. The molecule has 1 aromatic heterocycles. The molecule has 1 saturated heterocycles. The number of carbonyl (C=O) groups excluding carboxylic acids is 1. The molecule has 0 radical (unpaired) electrons. The minimum absolute atomic E-state index is 0.137. The molecular weight excluding hydrogens is 262 g/mol. The SMILES string of the molecule is Cc1ccc2nc(CCl)n(CC3CCC(=O)N3)c2c1. The highest BCUT2D eigenvalue weighted by molar-refractivity contribution is 6.16. The molecule has 1 aliphatic heterocycles. The van der Waals surface area contributed by atoms with Crippen LogP contribution in [0.15, 0.2) is 18.2 Å². The molecule has 1 atom stereocenters. The van der Waals surface area contributed by atoms with Gasteiger partial charge in [-0.3, -0.25) is 4.79 Å². The first-order valence-electron chi connectivity index (χ1n) is 6.48. The van der Waals surface area contributed by atoms with E-state index in [1.165, 1.54) is 5.56 Å². The minimum atomic E-state index is 0.137. The van der Waals surface area contributed by atoms with Gasteiger partial charge in [0.05, 0.1) is 16.9 Å². The monoisotopic (exact) mass is 277 g/mol. The predicted octanol–water partition coefficient (Wildman–Crippen LogP) is 2.36. The van der Waals surface area contributed by atoms with Crippen molar-refractivity contribution < 1.29 is 4.79 Å². The lowest BCUT2D eigenvalue weighted by atomic mass is 10.2. The van der Waals surface area contributed by atoms with Crippen molar-refractivity contribution in [3.05, 3.63) is 29.6 Å². The maximum Gasteiger partial charge on any atom is 0.220 e. The van der Waals surface area contributed by atoms with Crippen LogP contribution in [0.5, 0.6) is 0 Å². The molecule has 2 aromatic rings. The van der Waals surface area contributed by atoms with E-state index < -0.39 is 0 Å². The van der Waals surface area contributed by atoms with Crippen molar-refractivity contribution in [3.63, 3.8) is 0 Å². The standard InChI is InChI=1S/C14H16ClN3O/c1-9-2-4-11-12(6-9)18(13(7-15)17-11)8-10-3-5-14(19)16-10/h2,4,6,10H,3,5,7-8H2,1H3,(H,16,19). The Morgan fingerprint density at radius 2 is 2.37 bits per heavy atom. The second-order valence-corrected chi connectivity index (χ2v) is 5.33. The molecule has 1 aliphatic rings. The Kier molecular flexibility index (Phi) is 3.19. The van der Waals surface area contributed by atoms with E-state index in [-0.39, 0.29) is 11.9 Å². The number of halogens is 1. The molecule has 0 spiro atoms. The maximum absolute atomic E-state index is 11.3. The molecule has 4 nitrogen and oxygen atoms in total. The molecule has 3 rings (SSSR count). The van der Waals surface area contributed by atoms with Crippen molar-refractivity contribution in [2.24, 2.45) is 0 Å². The fourth-order valence-electron chi connectivity index (χ4n) is 2.62. The smallest absolute Gasteiger partial charge is 0.220 e. The molecule has 0 bridgehead atoms. The number of aryl methyl sites for hydroxylation is 1. The number of imidazole rings is 1. The summed E-state index contributed by atoms with van der Waals surface area (Å²) in [6.07, 6.45) is 1.50. The van der Waals surface area contributed by atoms with E-state index in [0.29, 0.717) is 12.3 Å². The largest absolute Gasteiger partial charge is 0.352 e. The minimum Gasteiger partial charge on any atom is -0.352 e. The van der Waals surface area contributed by atoms with Crippen molar-refractivity contribution in [1.29, 1.82) is 0 Å². The summed E-state index contributed by atoms with van der Waals surface area (Å²) in [5.74, 6) is 1.38. The van der Waals surface area contributed by atoms with Gasteiger partial charge in [-0.1, -0.05) is 6.07 Å². The van der Waals surface area contributed by atoms with Crippen molar-refractivity contribution in [3.8, 4) is 0 Å². The van der Waals surface area contributed by atoms with Crippen LogP contribution in [0.2, 0.25) is 0 Å². The summed E-state index contributed by atoms with van der Waals surface area (Å²) in [6, 6.07) is 6.38. The van der Waals surface area contributed by atoms with Gasteiger partial charge < -0.3 is 9.88 Å². The van der Waals surface area contributed by atoms with Gasteiger partial charge in [0.2, 0.25) is 5.91 Å². The quantitative estimate of drug-likeness (QED) is 0.876. The number of carbonyl (C=O) groups is 1. The topological polar surface area (TPSA) is 46.9 Å². The summed E-state index contributed by atoms with van der Waals surface area (Å²) >= 11 is 5.99. The van der Waals surface area contributed by atoms with Crippen LogP contribution in [0, 0.1) is 6.92 Å². The van der Waals surface area contributed by atoms with Crippen molar-refractivity contribution >= 4 is 28.5 Å². The Hall–Kier alpha value is -1.55. The molecule has 1 fully saturated rings. The van der Waals surface area contributed by atoms with Crippen molar-refractivity contribution in [2.45, 2.75) is 38.2 Å². The van der Waals surface area contributed by atoms with E-state index in [0.717, 1.165) is 29.8 Å². The van der Waals surface area contributed by atoms with E-state index in [1.54, 1.807) is 0 Å². The van der Waals surface area contributed by atoms with Gasteiger partial charge >= 0.3 is 0 Å². The molecule has 2 heterocycles. The van der Waals surface area contributed by atoms with E-state index in [9.17, 15) is 4.79 Å². The van der Waals surface area contributed by atoms with Crippen LogP contribution in [0.25, 0.3) is 11.0 Å². The Labute approximate surface area is 116 Å². The normalized spacial score (nSPS) is 19.1. The second kappa shape index (κ2) is 4.85. The Balaban J connectivity index is 2.00. The number of amides is 1. The maximum atomic E-state index is 11.3. The van der Waals surface area contributed by atoms with Crippen LogP contribution in [0.3, 0.4) is 0 Å². The molecule has 1 N–H and O–H groups in total. The third kappa shape index (κ3) is 2.32. The molecule has 100 valence electrons. The van der Waals surface area contributed by atoms with Crippen LogP contribution in [-0.4, -0.2) is 21.5 Å². The van der Waals surface area contributed by atoms with Crippen LogP contribution in [0.4, 0.5) is 0 Å². The zero-order valence-electron chi connectivity index (χ0n) is 10.8. The third-order valence-corrected chi connectivity index (χ3v) is 3.83. The molecule has 0 saturated carbocycles. The molecule has 19 heavy (non-hydrogen) atoms. The highest BCUT2D eigenvalue weighted by Crippen LogP contribution is 2.21. The van der Waals surface area contributed by atoms with Gasteiger partial charge in [0, 0.05) is 19.0 Å². The fourth-order valence-corrected chi connectivity index (χ4v) is 2.83. The zero-order valence-corrected chi connectivity index (χ0v) is 11.6. The number of nitrogens with zero attached hydrogens (tertiary/aromatic N) is 2. The molecular formula is C14H16ClN3O. The lowest BCUT2D eigenvalue weighted by Gasteiger charge is -2.14. The number of nitrogens with one attached hydrogen (secondary N) is 1. The van der Waals surface area contributed by atoms with Gasteiger partial charge in [-0.15, -0.1) is 11.6 Å². The average molecular weight is 278 g/mol. The zero-order chi connectivity index (χ0) is 13.4. The van der Waals surface area contributed by atoms with Crippen molar-refractivity contribution in [2.75, 3.05) is 0 Å². The first-order valence-corrected chi connectivity index (χ1v) is 7.02. The third-order valence-electron chi connectivity index (χ3n) is 3.59. The van der Waals surface area contributed by atoms with Gasteiger partial charge in [-0.05, 0) is 31.0 Å². The van der Waals surface area contributed by atoms with Crippen LogP contribution in [-0.2, 0) is 17.2 Å². The van der Waals surface area contributed by atoms with Crippen LogP contribution < -0.4 is 5.32 Å². The van der Waals surface area contributed by atoms with Gasteiger partial charge in [-0.2, -0.15) is 0 Å². The van der Waals surface area contributed by atoms with E-state index in [1.807, 2.05) is 6.07 Å². The number of benzene rings is 1. The second-order valence-electron chi connectivity index (χ2n) is 5.07.